The maximum Gasteiger partial charge on any atom is 0.291 e. The maximum atomic E-state index is 10.0. The molecule has 0 saturated heterocycles. The topological polar surface area (TPSA) is 40.3 Å². The van der Waals surface area contributed by atoms with Crippen LogP contribution >= 0.6 is 0 Å². The molecule has 0 saturated carbocycles. The van der Waals surface area contributed by atoms with Crippen molar-refractivity contribution in [2.45, 2.75) is 0 Å². The minimum atomic E-state index is 0.705. The fraction of sp³-hybridized carbons (Fsp3) is 0.100. The number of hydrogen-bond acceptors (Lipinski definition) is 2. The number of rotatable bonds is 1. The monoisotopic (exact) mass is 172 g/mol. The van der Waals surface area contributed by atoms with Crippen LogP contribution in [0.1, 0.15) is 5.69 Å². The highest BCUT2D eigenvalue weighted by molar-refractivity contribution is 5.90. The molecule has 13 heavy (non-hydrogen) atoms. The summed E-state index contributed by atoms with van der Waals surface area (Å²) in [6.07, 6.45) is 2.40. The Morgan fingerprint density at radius 1 is 1.38 bits per heavy atom. The zero-order valence-electron chi connectivity index (χ0n) is 7.19. The molecule has 2 rings (SSSR count). The molecular weight excluding hydrogens is 164 g/mol. The van der Waals surface area contributed by atoms with Gasteiger partial charge in [-0.2, -0.15) is 5.16 Å². The Morgan fingerprint density at radius 2 is 2.15 bits per heavy atom. The van der Waals surface area contributed by atoms with Gasteiger partial charge in [0.15, 0.2) is 0 Å². The fourth-order valence-corrected chi connectivity index (χ4v) is 1.44. The zero-order chi connectivity index (χ0) is 9.26. The Labute approximate surface area is 75.9 Å². The van der Waals surface area contributed by atoms with Gasteiger partial charge < -0.3 is 5.21 Å². The molecule has 3 heteroatoms. The average molecular weight is 172 g/mol. The SMILES string of the molecule is Cn1c([C+]=N[O-])cc2ccccc21. The summed E-state index contributed by atoms with van der Waals surface area (Å²) >= 11 is 0. The minimum absolute atomic E-state index is 0.705. The molecule has 0 aliphatic rings. The number of benzene rings is 1. The smallest absolute Gasteiger partial charge is 0.291 e. The lowest BCUT2D eigenvalue weighted by atomic mass is 10.2. The largest absolute Gasteiger partial charge is 0.766 e. The van der Waals surface area contributed by atoms with Crippen LogP contribution in [0.5, 0.6) is 0 Å². The van der Waals surface area contributed by atoms with Crippen LogP contribution < -0.4 is 0 Å². The molecule has 0 aliphatic heterocycles. The van der Waals surface area contributed by atoms with Crippen molar-refractivity contribution in [3.63, 3.8) is 0 Å². The summed E-state index contributed by atoms with van der Waals surface area (Å²) in [7, 11) is 1.88. The van der Waals surface area contributed by atoms with Crippen molar-refractivity contribution in [3.05, 3.63) is 41.2 Å². The Morgan fingerprint density at radius 3 is 2.85 bits per heavy atom. The molecule has 0 bridgehead atoms. The maximum absolute atomic E-state index is 10.0. The van der Waals surface area contributed by atoms with Crippen molar-refractivity contribution in [2.75, 3.05) is 0 Å². The summed E-state index contributed by atoms with van der Waals surface area (Å²) in [5.74, 6) is 0. The lowest BCUT2D eigenvalue weighted by molar-refractivity contribution is 0.959. The van der Waals surface area contributed by atoms with Gasteiger partial charge in [0.25, 0.3) is 5.69 Å². The summed E-state index contributed by atoms with van der Waals surface area (Å²) in [6, 6.07) is 9.79. The predicted molar refractivity (Wildman–Crippen MR) is 52.8 cm³/mol. The van der Waals surface area contributed by atoms with Crippen molar-refractivity contribution in [2.24, 2.45) is 12.2 Å². The standard InChI is InChI=1S/C10H8N2O/c1-12-9(7-11-13)6-8-4-2-3-5-10(8)12/h2-6H,1H3. The zero-order valence-corrected chi connectivity index (χ0v) is 7.19. The van der Waals surface area contributed by atoms with E-state index in [4.69, 9.17) is 0 Å². The average Bonchev–Trinajstić information content (AvgIpc) is 2.46. The van der Waals surface area contributed by atoms with Crippen LogP contribution in [0.3, 0.4) is 0 Å². The molecule has 64 valence electrons. The molecule has 1 heterocycles. The normalized spacial score (nSPS) is 10.8. The van der Waals surface area contributed by atoms with Gasteiger partial charge in [0, 0.05) is 7.05 Å². The van der Waals surface area contributed by atoms with Crippen molar-refractivity contribution in [1.29, 1.82) is 0 Å². The molecule has 0 amide bonds. The predicted octanol–water partition coefficient (Wildman–Crippen LogP) is 1.97. The Hall–Kier alpha value is -1.86. The number of fused-ring (bicyclic) bond motifs is 1. The third kappa shape index (κ3) is 1.15. The Balaban J connectivity index is 2.73. The summed E-state index contributed by atoms with van der Waals surface area (Å²) in [6.45, 7) is 0. The molecular formula is C10H8N2O. The van der Waals surface area contributed by atoms with Crippen molar-refractivity contribution in [3.8, 4) is 0 Å². The van der Waals surface area contributed by atoms with Crippen molar-refractivity contribution >= 4 is 17.1 Å². The second-order valence-corrected chi connectivity index (χ2v) is 2.85. The van der Waals surface area contributed by atoms with E-state index in [1.54, 1.807) is 0 Å². The summed E-state index contributed by atoms with van der Waals surface area (Å²) < 4.78 is 1.89. The van der Waals surface area contributed by atoms with Gasteiger partial charge in [0.05, 0.1) is 10.9 Å². The van der Waals surface area contributed by atoms with E-state index < -0.39 is 0 Å². The third-order valence-corrected chi connectivity index (χ3v) is 2.11. The summed E-state index contributed by atoms with van der Waals surface area (Å²) in [5, 5.41) is 13.8. The molecule has 0 fully saturated rings. The van der Waals surface area contributed by atoms with Gasteiger partial charge in [-0.25, -0.2) is 0 Å². The van der Waals surface area contributed by atoms with E-state index in [2.05, 4.69) is 11.4 Å². The Kier molecular flexibility index (Phi) is 1.72. The number of aromatic nitrogens is 1. The number of aryl methyl sites for hydroxylation is 1. The number of para-hydroxylation sites is 1. The molecule has 1 aromatic carbocycles. The molecule has 0 N–H and O–H groups in total. The van der Waals surface area contributed by atoms with E-state index in [1.165, 1.54) is 0 Å². The second kappa shape index (κ2) is 2.88. The quantitative estimate of drug-likeness (QED) is 0.368. The van der Waals surface area contributed by atoms with Gasteiger partial charge in [-0.15, -0.1) is 0 Å². The van der Waals surface area contributed by atoms with Crippen LogP contribution in [-0.2, 0) is 7.05 Å². The van der Waals surface area contributed by atoms with E-state index in [0.717, 1.165) is 10.9 Å². The number of hydrogen-bond donors (Lipinski definition) is 0. The van der Waals surface area contributed by atoms with E-state index in [-0.39, 0.29) is 0 Å². The first-order valence-corrected chi connectivity index (χ1v) is 3.96. The highest BCUT2D eigenvalue weighted by Crippen LogP contribution is 2.16. The number of nitrogens with zero attached hydrogens (tertiary/aromatic N) is 2. The molecule has 0 spiro atoms. The van der Waals surface area contributed by atoms with Crippen LogP contribution in [0.2, 0.25) is 0 Å². The summed E-state index contributed by atoms with van der Waals surface area (Å²) in [4.78, 5) is 0. The van der Waals surface area contributed by atoms with Crippen molar-refractivity contribution < 1.29 is 0 Å². The van der Waals surface area contributed by atoms with E-state index in [0.29, 0.717) is 5.69 Å². The van der Waals surface area contributed by atoms with Gasteiger partial charge in [-0.3, -0.25) is 4.57 Å². The lowest BCUT2D eigenvalue weighted by Gasteiger charge is -1.91. The van der Waals surface area contributed by atoms with Crippen LogP contribution in [-0.4, -0.2) is 10.8 Å². The molecule has 1 aromatic heterocycles. The van der Waals surface area contributed by atoms with E-state index in [9.17, 15) is 5.21 Å². The minimum Gasteiger partial charge on any atom is -0.766 e. The van der Waals surface area contributed by atoms with E-state index >= 15 is 0 Å². The molecule has 2 aromatic rings. The molecule has 0 radical (unpaired) electrons. The van der Waals surface area contributed by atoms with Crippen molar-refractivity contribution in [1.82, 2.24) is 4.57 Å². The first kappa shape index (κ1) is 7.77. The highest BCUT2D eigenvalue weighted by Gasteiger charge is 2.11. The lowest BCUT2D eigenvalue weighted by Crippen LogP contribution is -1.93. The third-order valence-electron chi connectivity index (χ3n) is 2.11. The Bertz CT molecular complexity index is 457. The summed E-state index contributed by atoms with van der Waals surface area (Å²) in [5.41, 5.74) is 1.78. The van der Waals surface area contributed by atoms with Gasteiger partial charge in [-0.05, 0) is 12.1 Å². The van der Waals surface area contributed by atoms with Gasteiger partial charge in [0.2, 0.25) is 6.21 Å². The molecule has 0 aliphatic carbocycles. The first-order chi connectivity index (χ1) is 6.33. The molecule has 3 nitrogen and oxygen atoms in total. The van der Waals surface area contributed by atoms with Gasteiger partial charge in [0.1, 0.15) is 6.07 Å². The van der Waals surface area contributed by atoms with Crippen LogP contribution in [0.15, 0.2) is 35.5 Å². The highest BCUT2D eigenvalue weighted by atomic mass is 16.4. The molecule has 0 unspecified atom stereocenters. The van der Waals surface area contributed by atoms with Gasteiger partial charge in [-0.1, -0.05) is 12.1 Å². The van der Waals surface area contributed by atoms with Crippen LogP contribution in [0, 0.1) is 5.21 Å². The van der Waals surface area contributed by atoms with E-state index in [1.807, 2.05) is 41.9 Å². The van der Waals surface area contributed by atoms with Crippen LogP contribution in [0.25, 0.3) is 10.9 Å². The fourth-order valence-electron chi connectivity index (χ4n) is 1.44. The van der Waals surface area contributed by atoms with Gasteiger partial charge >= 0.3 is 0 Å². The second-order valence-electron chi connectivity index (χ2n) is 2.85. The molecule has 0 atom stereocenters. The first-order valence-electron chi connectivity index (χ1n) is 3.96. The van der Waals surface area contributed by atoms with Crippen LogP contribution in [0.4, 0.5) is 0 Å².